The van der Waals surface area contributed by atoms with Crippen LogP contribution in [0.15, 0.2) is 35.3 Å². The molecule has 0 radical (unpaired) electrons. The van der Waals surface area contributed by atoms with Gasteiger partial charge in [0.1, 0.15) is 12.4 Å². The molecule has 9 nitrogen and oxygen atoms in total. The van der Waals surface area contributed by atoms with E-state index in [1.54, 1.807) is 0 Å². The number of likely N-dealkylation sites (N-methyl/N-ethyl adjacent to an activating group) is 1. The molecule has 2 aromatic heterocycles. The Balaban J connectivity index is 1.32. The molecule has 2 N–H and O–H groups in total. The molecule has 9 heteroatoms. The van der Waals surface area contributed by atoms with Gasteiger partial charge in [0.05, 0.1) is 17.8 Å². The van der Waals surface area contributed by atoms with E-state index in [-0.39, 0.29) is 24.1 Å². The molecule has 0 atom stereocenters. The maximum atomic E-state index is 13.8. The fourth-order valence-electron chi connectivity index (χ4n) is 6.56. The molecule has 1 saturated heterocycles. The highest BCUT2D eigenvalue weighted by molar-refractivity contribution is 6.01. The van der Waals surface area contributed by atoms with Gasteiger partial charge in [0.15, 0.2) is 5.75 Å². The van der Waals surface area contributed by atoms with Crippen molar-refractivity contribution in [3.63, 3.8) is 0 Å². The highest BCUT2D eigenvalue weighted by Crippen LogP contribution is 2.40. The predicted molar refractivity (Wildman–Crippen MR) is 167 cm³/mol. The van der Waals surface area contributed by atoms with Crippen molar-refractivity contribution < 1.29 is 9.53 Å². The number of rotatable bonds is 6. The number of aryl methyl sites for hydroxylation is 1. The van der Waals surface area contributed by atoms with E-state index in [0.29, 0.717) is 23.5 Å². The average molecular weight is 571 g/mol. The largest absolute Gasteiger partial charge is 0.489 e. The quantitative estimate of drug-likeness (QED) is 0.464. The highest BCUT2D eigenvalue weighted by Gasteiger charge is 2.28. The van der Waals surface area contributed by atoms with Gasteiger partial charge in [0.2, 0.25) is 0 Å². The average Bonchev–Trinajstić information content (AvgIpc) is 3.00. The SMILES string of the molecule is Cc1[nH]c(=O)c(CNC(=O)c2cc(-c3ccc(N4CCN(C)CC4)nc3)cc3c2OCCN3C(C)C)c2c1CCCC2. The summed E-state index contributed by atoms with van der Waals surface area (Å²) in [7, 11) is 2.15. The summed E-state index contributed by atoms with van der Waals surface area (Å²) < 4.78 is 6.14. The van der Waals surface area contributed by atoms with Gasteiger partial charge >= 0.3 is 0 Å². The molecular weight excluding hydrogens is 528 g/mol. The molecule has 3 aliphatic rings. The third-order valence-corrected chi connectivity index (χ3v) is 9.02. The Morgan fingerprint density at radius 1 is 1.05 bits per heavy atom. The van der Waals surface area contributed by atoms with Crippen LogP contribution in [0.1, 0.15) is 59.4 Å². The fourth-order valence-corrected chi connectivity index (χ4v) is 6.56. The second-order valence-corrected chi connectivity index (χ2v) is 12.1. The maximum Gasteiger partial charge on any atom is 0.255 e. The van der Waals surface area contributed by atoms with Crippen molar-refractivity contribution in [2.75, 3.05) is 56.2 Å². The van der Waals surface area contributed by atoms with Crippen LogP contribution < -0.4 is 25.4 Å². The molecule has 3 aromatic rings. The lowest BCUT2D eigenvalue weighted by Gasteiger charge is -2.35. The number of ether oxygens (including phenoxy) is 1. The van der Waals surface area contributed by atoms with Crippen molar-refractivity contribution in [1.29, 1.82) is 0 Å². The molecule has 222 valence electrons. The third-order valence-electron chi connectivity index (χ3n) is 9.02. The minimum Gasteiger partial charge on any atom is -0.489 e. The Kier molecular flexibility index (Phi) is 7.94. The van der Waals surface area contributed by atoms with Gasteiger partial charge in [-0.1, -0.05) is 0 Å². The van der Waals surface area contributed by atoms with E-state index in [1.807, 2.05) is 19.2 Å². The third kappa shape index (κ3) is 5.50. The monoisotopic (exact) mass is 570 g/mol. The van der Waals surface area contributed by atoms with Crippen molar-refractivity contribution in [2.45, 2.75) is 59.0 Å². The first-order valence-corrected chi connectivity index (χ1v) is 15.3. The van der Waals surface area contributed by atoms with E-state index < -0.39 is 0 Å². The molecule has 1 aliphatic carbocycles. The number of aromatic nitrogens is 2. The zero-order valence-corrected chi connectivity index (χ0v) is 25.3. The topological polar surface area (TPSA) is 93.8 Å². The Labute approximate surface area is 247 Å². The normalized spacial score (nSPS) is 17.1. The summed E-state index contributed by atoms with van der Waals surface area (Å²) in [4.78, 5) is 41.5. The Morgan fingerprint density at radius 2 is 1.81 bits per heavy atom. The van der Waals surface area contributed by atoms with Crippen molar-refractivity contribution >= 4 is 17.4 Å². The smallest absolute Gasteiger partial charge is 0.255 e. The van der Waals surface area contributed by atoms with Crippen LogP contribution in [-0.2, 0) is 19.4 Å². The number of H-pyrrole nitrogens is 1. The van der Waals surface area contributed by atoms with E-state index in [1.165, 1.54) is 5.56 Å². The van der Waals surface area contributed by atoms with Gasteiger partial charge in [0, 0.05) is 61.8 Å². The Bertz CT molecular complexity index is 1520. The second kappa shape index (κ2) is 11.8. The minimum atomic E-state index is -0.245. The van der Waals surface area contributed by atoms with Gasteiger partial charge in [0.25, 0.3) is 11.5 Å². The van der Waals surface area contributed by atoms with Crippen molar-refractivity contribution in [3.05, 3.63) is 68.8 Å². The number of benzene rings is 1. The van der Waals surface area contributed by atoms with Crippen LogP contribution in [0.4, 0.5) is 11.5 Å². The number of pyridine rings is 2. The first-order chi connectivity index (χ1) is 20.3. The van der Waals surface area contributed by atoms with Crippen molar-refractivity contribution in [3.8, 4) is 16.9 Å². The van der Waals surface area contributed by atoms with Crippen LogP contribution in [0.5, 0.6) is 5.75 Å². The molecule has 0 bridgehead atoms. The van der Waals surface area contributed by atoms with Crippen molar-refractivity contribution in [2.24, 2.45) is 0 Å². The lowest BCUT2D eigenvalue weighted by atomic mass is 9.88. The lowest BCUT2D eigenvalue weighted by Crippen LogP contribution is -2.44. The molecule has 0 spiro atoms. The van der Waals surface area contributed by atoms with E-state index in [2.05, 4.69) is 64.1 Å². The summed E-state index contributed by atoms with van der Waals surface area (Å²) >= 11 is 0. The molecular formula is C33H42N6O3. The van der Waals surface area contributed by atoms with Crippen LogP contribution in [0.25, 0.3) is 11.1 Å². The summed E-state index contributed by atoms with van der Waals surface area (Å²) in [6.07, 6.45) is 5.93. The summed E-state index contributed by atoms with van der Waals surface area (Å²) in [6.45, 7) is 11.7. The lowest BCUT2D eigenvalue weighted by molar-refractivity contribution is 0.0946. The number of fused-ring (bicyclic) bond motifs is 2. The van der Waals surface area contributed by atoms with Crippen LogP contribution in [0.2, 0.25) is 0 Å². The van der Waals surface area contributed by atoms with Crippen LogP contribution in [0.3, 0.4) is 0 Å². The summed E-state index contributed by atoms with van der Waals surface area (Å²) in [5.41, 5.74) is 7.09. The number of hydrogen-bond acceptors (Lipinski definition) is 7. The van der Waals surface area contributed by atoms with Gasteiger partial charge in [-0.15, -0.1) is 0 Å². The maximum absolute atomic E-state index is 13.8. The molecule has 1 amide bonds. The molecule has 1 aromatic carbocycles. The van der Waals surface area contributed by atoms with Gasteiger partial charge in [-0.05, 0) is 94.5 Å². The first-order valence-electron chi connectivity index (χ1n) is 15.3. The molecule has 0 unspecified atom stereocenters. The van der Waals surface area contributed by atoms with E-state index in [4.69, 9.17) is 9.72 Å². The van der Waals surface area contributed by atoms with Gasteiger partial charge in [-0.25, -0.2) is 4.98 Å². The number of carbonyl (C=O) groups is 1. The van der Waals surface area contributed by atoms with E-state index in [9.17, 15) is 9.59 Å². The fraction of sp³-hybridized carbons (Fsp3) is 0.485. The highest BCUT2D eigenvalue weighted by atomic mass is 16.5. The Morgan fingerprint density at radius 3 is 2.52 bits per heavy atom. The summed E-state index contributed by atoms with van der Waals surface area (Å²) in [5, 5.41) is 3.07. The standard InChI is InChI=1S/C33H42N6O3/c1-21(2)39-15-16-42-31-27(32(40)35-20-28-26-8-6-5-7-25(26)22(3)36-33(28)41)17-24(18-29(31)39)23-9-10-30(34-19-23)38-13-11-37(4)12-14-38/h9-10,17-19,21H,5-8,11-16,20H2,1-4H3,(H,35,40)(H,36,41). The van der Waals surface area contributed by atoms with E-state index >= 15 is 0 Å². The number of carbonyl (C=O) groups excluding carboxylic acids is 1. The summed E-state index contributed by atoms with van der Waals surface area (Å²) in [5.74, 6) is 1.32. The number of nitrogens with one attached hydrogen (secondary N) is 2. The summed E-state index contributed by atoms with van der Waals surface area (Å²) in [6, 6.07) is 8.42. The molecule has 1 fully saturated rings. The van der Waals surface area contributed by atoms with Gasteiger partial charge in [-0.3, -0.25) is 9.59 Å². The number of amides is 1. The number of piperazine rings is 1. The minimum absolute atomic E-state index is 0.113. The molecule has 0 saturated carbocycles. The second-order valence-electron chi connectivity index (χ2n) is 12.1. The predicted octanol–water partition coefficient (Wildman–Crippen LogP) is 3.91. The van der Waals surface area contributed by atoms with Crippen molar-refractivity contribution in [1.82, 2.24) is 20.2 Å². The van der Waals surface area contributed by atoms with Crippen LogP contribution >= 0.6 is 0 Å². The number of hydrogen-bond donors (Lipinski definition) is 2. The zero-order chi connectivity index (χ0) is 29.4. The number of nitrogens with zero attached hydrogens (tertiary/aromatic N) is 4. The number of anilines is 2. The zero-order valence-electron chi connectivity index (χ0n) is 25.3. The van der Waals surface area contributed by atoms with Gasteiger partial charge < -0.3 is 29.7 Å². The van der Waals surface area contributed by atoms with Gasteiger partial charge in [-0.2, -0.15) is 0 Å². The molecule has 6 rings (SSSR count). The molecule has 4 heterocycles. The number of aromatic amines is 1. The van der Waals surface area contributed by atoms with E-state index in [0.717, 1.165) is 92.3 Å². The van der Waals surface area contributed by atoms with Crippen LogP contribution in [-0.4, -0.2) is 73.2 Å². The van der Waals surface area contributed by atoms with Crippen LogP contribution in [0, 0.1) is 6.92 Å². The molecule has 42 heavy (non-hydrogen) atoms. The Hall–Kier alpha value is -3.85. The first kappa shape index (κ1) is 28.3. The molecule has 2 aliphatic heterocycles.